The highest BCUT2D eigenvalue weighted by Crippen LogP contribution is 2.27. The molecule has 4 atom stereocenters. The molecule has 1 aliphatic heterocycles. The van der Waals surface area contributed by atoms with Gasteiger partial charge in [0.05, 0.1) is 11.6 Å². The molecule has 0 bridgehead atoms. The molecule has 0 spiro atoms. The van der Waals surface area contributed by atoms with E-state index in [-0.39, 0.29) is 6.61 Å². The zero-order valence-corrected chi connectivity index (χ0v) is 9.62. The van der Waals surface area contributed by atoms with Crippen LogP contribution in [0.15, 0.2) is 24.3 Å². The molecule has 0 amide bonds. The fraction of sp³-hybridized carbons (Fsp3) is 0.455. The van der Waals surface area contributed by atoms with Crippen LogP contribution in [-0.4, -0.2) is 46.5 Å². The van der Waals surface area contributed by atoms with Crippen molar-refractivity contribution in [3.05, 3.63) is 29.3 Å². The van der Waals surface area contributed by atoms with Gasteiger partial charge in [-0.3, -0.25) is 0 Å². The first-order valence-electron chi connectivity index (χ1n) is 5.16. The van der Waals surface area contributed by atoms with Crippen molar-refractivity contribution in [3.63, 3.8) is 0 Å². The highest BCUT2D eigenvalue weighted by atomic mass is 35.5. The summed E-state index contributed by atoms with van der Waals surface area (Å²) in [5, 5.41) is 28.8. The molecule has 0 aromatic heterocycles. The molecular weight excluding hydrogens is 248 g/mol. The van der Waals surface area contributed by atoms with Crippen molar-refractivity contribution in [1.29, 1.82) is 0 Å². The third kappa shape index (κ3) is 2.70. The Labute approximate surface area is 103 Å². The number of hydrogen-bond donors (Lipinski definition) is 3. The van der Waals surface area contributed by atoms with Crippen molar-refractivity contribution in [2.75, 3.05) is 6.61 Å². The quantitative estimate of drug-likeness (QED) is 0.706. The molecule has 1 aliphatic rings. The number of aliphatic hydroxyl groups excluding tert-OH is 3. The largest absolute Gasteiger partial charge is 0.460 e. The summed E-state index contributed by atoms with van der Waals surface area (Å²) in [4.78, 5) is 0. The van der Waals surface area contributed by atoms with Crippen LogP contribution in [0.25, 0.3) is 0 Å². The van der Waals surface area contributed by atoms with Crippen molar-refractivity contribution in [1.82, 2.24) is 0 Å². The average molecular weight is 261 g/mol. The van der Waals surface area contributed by atoms with E-state index in [1.165, 1.54) is 0 Å². The van der Waals surface area contributed by atoms with Gasteiger partial charge in [-0.1, -0.05) is 23.7 Å². The molecule has 0 saturated carbocycles. The minimum absolute atomic E-state index is 0.104. The Hall–Kier alpha value is -0.850. The molecule has 1 heterocycles. The SMILES string of the molecule is OC1[C@H](Oc2ccccc2Cl)OC[C@@H](O)[C@H]1O. The molecule has 0 aliphatic carbocycles. The first-order chi connectivity index (χ1) is 8.09. The highest BCUT2D eigenvalue weighted by Gasteiger charge is 2.39. The lowest BCUT2D eigenvalue weighted by Gasteiger charge is -2.35. The van der Waals surface area contributed by atoms with Crippen LogP contribution in [0.5, 0.6) is 5.75 Å². The summed E-state index contributed by atoms with van der Waals surface area (Å²) in [7, 11) is 0. The number of benzene rings is 1. The van der Waals surface area contributed by atoms with Gasteiger partial charge in [0.25, 0.3) is 0 Å². The van der Waals surface area contributed by atoms with Gasteiger partial charge in [0.2, 0.25) is 6.29 Å². The second kappa shape index (κ2) is 5.20. The smallest absolute Gasteiger partial charge is 0.228 e. The first-order valence-corrected chi connectivity index (χ1v) is 5.54. The minimum Gasteiger partial charge on any atom is -0.460 e. The van der Waals surface area contributed by atoms with Gasteiger partial charge in [0.15, 0.2) is 0 Å². The maximum absolute atomic E-state index is 9.66. The zero-order chi connectivity index (χ0) is 12.4. The molecule has 1 aromatic carbocycles. The van der Waals surface area contributed by atoms with Crippen LogP contribution in [0.1, 0.15) is 0 Å². The van der Waals surface area contributed by atoms with Gasteiger partial charge >= 0.3 is 0 Å². The third-order valence-corrected chi connectivity index (χ3v) is 2.85. The standard InChI is InChI=1S/C11H13ClO5/c12-6-3-1-2-4-8(6)17-11-10(15)9(14)7(13)5-16-11/h1-4,7,9-11,13-15H,5H2/t7-,9-,10?,11+/m1/s1. The Kier molecular flexibility index (Phi) is 3.86. The van der Waals surface area contributed by atoms with E-state index in [1.807, 2.05) is 0 Å². The zero-order valence-electron chi connectivity index (χ0n) is 8.86. The van der Waals surface area contributed by atoms with Crippen LogP contribution in [0, 0.1) is 0 Å². The molecule has 1 saturated heterocycles. The van der Waals surface area contributed by atoms with E-state index < -0.39 is 24.6 Å². The molecular formula is C11H13ClO5. The highest BCUT2D eigenvalue weighted by molar-refractivity contribution is 6.32. The molecule has 6 heteroatoms. The molecule has 17 heavy (non-hydrogen) atoms. The molecule has 2 rings (SSSR count). The summed E-state index contributed by atoms with van der Waals surface area (Å²) in [5.74, 6) is 0.349. The van der Waals surface area contributed by atoms with Crippen molar-refractivity contribution in [3.8, 4) is 5.75 Å². The van der Waals surface area contributed by atoms with E-state index in [9.17, 15) is 15.3 Å². The molecule has 1 unspecified atom stereocenters. The van der Waals surface area contributed by atoms with Gasteiger partial charge in [0.1, 0.15) is 24.1 Å². The van der Waals surface area contributed by atoms with Crippen LogP contribution >= 0.6 is 11.6 Å². The van der Waals surface area contributed by atoms with Gasteiger partial charge < -0.3 is 24.8 Å². The summed E-state index contributed by atoms with van der Waals surface area (Å²) >= 11 is 5.88. The fourth-order valence-electron chi connectivity index (χ4n) is 1.55. The predicted octanol–water partition coefficient (Wildman–Crippen LogP) is 0.158. The lowest BCUT2D eigenvalue weighted by Crippen LogP contribution is -2.54. The van der Waals surface area contributed by atoms with Crippen molar-refractivity contribution in [2.24, 2.45) is 0 Å². The van der Waals surface area contributed by atoms with Crippen LogP contribution in [0.3, 0.4) is 0 Å². The number of halogens is 1. The number of rotatable bonds is 2. The summed E-state index contributed by atoms with van der Waals surface area (Å²) < 4.78 is 10.4. The second-order valence-corrected chi connectivity index (χ2v) is 4.21. The van der Waals surface area contributed by atoms with E-state index in [0.717, 1.165) is 0 Å². The van der Waals surface area contributed by atoms with Crippen molar-refractivity contribution < 1.29 is 24.8 Å². The Balaban J connectivity index is 2.07. The van der Waals surface area contributed by atoms with Crippen LogP contribution in [0.2, 0.25) is 5.02 Å². The van der Waals surface area contributed by atoms with Gasteiger partial charge in [-0.15, -0.1) is 0 Å². The van der Waals surface area contributed by atoms with Gasteiger partial charge in [-0.2, -0.15) is 0 Å². The summed E-state index contributed by atoms with van der Waals surface area (Å²) in [6.45, 7) is -0.104. The van der Waals surface area contributed by atoms with Crippen LogP contribution in [-0.2, 0) is 4.74 Å². The number of para-hydroxylation sites is 1. The van der Waals surface area contributed by atoms with E-state index in [2.05, 4.69) is 0 Å². The lowest BCUT2D eigenvalue weighted by atomic mass is 10.1. The number of aliphatic hydroxyl groups is 3. The maximum Gasteiger partial charge on any atom is 0.228 e. The molecule has 1 fully saturated rings. The Bertz CT molecular complexity index is 386. The van der Waals surface area contributed by atoms with Crippen molar-refractivity contribution in [2.45, 2.75) is 24.6 Å². The van der Waals surface area contributed by atoms with E-state index in [1.54, 1.807) is 24.3 Å². The second-order valence-electron chi connectivity index (χ2n) is 3.80. The van der Waals surface area contributed by atoms with Gasteiger partial charge in [0, 0.05) is 0 Å². The van der Waals surface area contributed by atoms with E-state index >= 15 is 0 Å². The third-order valence-electron chi connectivity index (χ3n) is 2.53. The summed E-state index contributed by atoms with van der Waals surface area (Å²) in [5.41, 5.74) is 0. The van der Waals surface area contributed by atoms with Gasteiger partial charge in [-0.05, 0) is 12.1 Å². The normalized spacial score (nSPS) is 33.4. The van der Waals surface area contributed by atoms with E-state index in [4.69, 9.17) is 21.1 Å². The van der Waals surface area contributed by atoms with E-state index in [0.29, 0.717) is 10.8 Å². The topological polar surface area (TPSA) is 79.2 Å². The maximum atomic E-state index is 9.66. The number of ether oxygens (including phenoxy) is 2. The Morgan fingerprint density at radius 1 is 1.18 bits per heavy atom. The predicted molar refractivity (Wildman–Crippen MR) is 59.8 cm³/mol. The average Bonchev–Trinajstić information content (AvgIpc) is 2.32. The van der Waals surface area contributed by atoms with Crippen LogP contribution < -0.4 is 4.74 Å². The van der Waals surface area contributed by atoms with Gasteiger partial charge in [-0.25, -0.2) is 0 Å². The monoisotopic (exact) mass is 260 g/mol. The Morgan fingerprint density at radius 3 is 2.59 bits per heavy atom. The number of hydrogen-bond acceptors (Lipinski definition) is 5. The molecule has 0 radical (unpaired) electrons. The first kappa shape index (κ1) is 12.6. The molecule has 3 N–H and O–H groups in total. The van der Waals surface area contributed by atoms with Crippen LogP contribution in [0.4, 0.5) is 0 Å². The van der Waals surface area contributed by atoms with Crippen molar-refractivity contribution >= 4 is 11.6 Å². The molecule has 5 nitrogen and oxygen atoms in total. The Morgan fingerprint density at radius 2 is 1.88 bits per heavy atom. The fourth-order valence-corrected chi connectivity index (χ4v) is 1.73. The molecule has 94 valence electrons. The summed E-state index contributed by atoms with van der Waals surface area (Å²) in [6, 6.07) is 6.72. The summed E-state index contributed by atoms with van der Waals surface area (Å²) in [6.07, 6.45) is -4.78. The molecule has 1 aromatic rings. The minimum atomic E-state index is -1.32. The lowest BCUT2D eigenvalue weighted by molar-refractivity contribution is -0.242.